The van der Waals surface area contributed by atoms with Gasteiger partial charge in [0.05, 0.1) is 23.8 Å². The number of esters is 1. The van der Waals surface area contributed by atoms with Crippen molar-refractivity contribution in [2.45, 2.75) is 38.5 Å². The minimum atomic E-state index is -0.481. The second kappa shape index (κ2) is 8.34. The van der Waals surface area contributed by atoms with E-state index in [1.807, 2.05) is 0 Å². The van der Waals surface area contributed by atoms with Crippen LogP contribution in [0.25, 0.3) is 0 Å². The van der Waals surface area contributed by atoms with E-state index in [0.29, 0.717) is 24.9 Å². The van der Waals surface area contributed by atoms with E-state index in [0.717, 1.165) is 19.3 Å². The lowest BCUT2D eigenvalue weighted by Crippen LogP contribution is -2.51. The molecular weight excluding hydrogens is 384 g/mol. The SMILES string of the molecule is CNc1cc(Cl)ncc1C(=O)NNC(=O)C1CCC2(C(=O)OC)CCCC1C2. The molecule has 3 N–H and O–H groups in total. The summed E-state index contributed by atoms with van der Waals surface area (Å²) in [4.78, 5) is 41.2. The summed E-state index contributed by atoms with van der Waals surface area (Å²) >= 11 is 5.84. The number of nitrogens with one attached hydrogen (secondary N) is 3. The van der Waals surface area contributed by atoms with E-state index in [2.05, 4.69) is 21.2 Å². The fourth-order valence-corrected chi connectivity index (χ4v) is 4.75. The Morgan fingerprint density at radius 3 is 2.75 bits per heavy atom. The Hall–Kier alpha value is -2.35. The molecule has 0 aliphatic heterocycles. The average Bonchev–Trinajstić information content (AvgIpc) is 2.71. The predicted molar refractivity (Wildman–Crippen MR) is 104 cm³/mol. The highest BCUT2D eigenvalue weighted by molar-refractivity contribution is 6.29. The first kappa shape index (κ1) is 20.4. The van der Waals surface area contributed by atoms with Crippen LogP contribution in [0.1, 0.15) is 48.9 Å². The van der Waals surface area contributed by atoms with Crippen molar-refractivity contribution in [3.63, 3.8) is 0 Å². The number of hydrogen-bond acceptors (Lipinski definition) is 6. The summed E-state index contributed by atoms with van der Waals surface area (Å²) in [6, 6.07) is 1.54. The molecule has 0 spiro atoms. The summed E-state index contributed by atoms with van der Waals surface area (Å²) < 4.78 is 5.00. The maximum Gasteiger partial charge on any atom is 0.311 e. The molecule has 2 fully saturated rings. The Labute approximate surface area is 168 Å². The molecule has 8 nitrogen and oxygen atoms in total. The van der Waals surface area contributed by atoms with Crippen LogP contribution in [0.5, 0.6) is 0 Å². The summed E-state index contributed by atoms with van der Waals surface area (Å²) in [5.41, 5.74) is 5.33. The maximum atomic E-state index is 12.7. The fraction of sp³-hybridized carbons (Fsp3) is 0.579. The van der Waals surface area contributed by atoms with Gasteiger partial charge in [0.15, 0.2) is 0 Å². The number of nitrogens with zero attached hydrogens (tertiary/aromatic N) is 1. The van der Waals surface area contributed by atoms with E-state index in [1.165, 1.54) is 19.4 Å². The molecular formula is C19H25ClN4O4. The highest BCUT2D eigenvalue weighted by Crippen LogP contribution is 2.51. The molecule has 2 aliphatic carbocycles. The van der Waals surface area contributed by atoms with Gasteiger partial charge in [-0.05, 0) is 44.1 Å². The number of carbonyl (C=O) groups excluding carboxylic acids is 3. The van der Waals surface area contributed by atoms with Gasteiger partial charge >= 0.3 is 5.97 Å². The van der Waals surface area contributed by atoms with Crippen molar-refractivity contribution in [2.75, 3.05) is 19.5 Å². The van der Waals surface area contributed by atoms with Gasteiger partial charge in [0.25, 0.3) is 5.91 Å². The molecule has 3 atom stereocenters. The van der Waals surface area contributed by atoms with Crippen LogP contribution in [0.15, 0.2) is 12.3 Å². The van der Waals surface area contributed by atoms with Crippen molar-refractivity contribution in [2.24, 2.45) is 17.3 Å². The fourth-order valence-electron chi connectivity index (χ4n) is 4.59. The first-order valence-electron chi connectivity index (χ1n) is 9.42. The number of rotatable bonds is 4. The predicted octanol–water partition coefficient (Wildman–Crippen LogP) is 2.30. The number of ether oxygens (including phenoxy) is 1. The number of carbonyl (C=O) groups is 3. The third kappa shape index (κ3) is 3.92. The maximum absolute atomic E-state index is 12.7. The van der Waals surface area contributed by atoms with Gasteiger partial charge in [-0.1, -0.05) is 18.0 Å². The van der Waals surface area contributed by atoms with Crippen LogP contribution >= 0.6 is 11.6 Å². The van der Waals surface area contributed by atoms with Crippen molar-refractivity contribution in [3.05, 3.63) is 23.0 Å². The number of fused-ring (bicyclic) bond motifs is 2. The number of aromatic nitrogens is 1. The molecule has 0 radical (unpaired) electrons. The minimum absolute atomic E-state index is 0.114. The monoisotopic (exact) mass is 408 g/mol. The highest BCUT2D eigenvalue weighted by Gasteiger charge is 2.50. The van der Waals surface area contributed by atoms with Gasteiger partial charge in [0.1, 0.15) is 5.15 Å². The molecule has 2 bridgehead atoms. The lowest BCUT2D eigenvalue weighted by atomic mass is 9.58. The first-order valence-corrected chi connectivity index (χ1v) is 9.80. The smallest absolute Gasteiger partial charge is 0.311 e. The summed E-state index contributed by atoms with van der Waals surface area (Å²) in [6.45, 7) is 0. The number of methoxy groups -OCH3 is 1. The molecule has 1 aromatic heterocycles. The van der Waals surface area contributed by atoms with E-state index < -0.39 is 11.3 Å². The van der Waals surface area contributed by atoms with Crippen molar-refractivity contribution in [1.29, 1.82) is 0 Å². The number of pyridine rings is 1. The van der Waals surface area contributed by atoms with Crippen LogP contribution in [-0.4, -0.2) is 36.9 Å². The van der Waals surface area contributed by atoms with Gasteiger partial charge in [0.2, 0.25) is 5.91 Å². The summed E-state index contributed by atoms with van der Waals surface area (Å²) in [6.07, 6.45) is 5.86. The molecule has 3 unspecified atom stereocenters. The molecule has 2 amide bonds. The average molecular weight is 409 g/mol. The molecule has 2 saturated carbocycles. The van der Waals surface area contributed by atoms with E-state index in [9.17, 15) is 14.4 Å². The third-order valence-corrected chi connectivity index (χ3v) is 6.23. The zero-order chi connectivity index (χ0) is 20.3. The van der Waals surface area contributed by atoms with Gasteiger partial charge in [-0.25, -0.2) is 4.98 Å². The summed E-state index contributed by atoms with van der Waals surface area (Å²) in [5.74, 6) is -0.995. The van der Waals surface area contributed by atoms with E-state index in [1.54, 1.807) is 7.05 Å². The summed E-state index contributed by atoms with van der Waals surface area (Å²) in [7, 11) is 3.08. The number of anilines is 1. The lowest BCUT2D eigenvalue weighted by Gasteiger charge is -2.46. The van der Waals surface area contributed by atoms with Crippen molar-refractivity contribution in [3.8, 4) is 0 Å². The molecule has 2 aliphatic rings. The quantitative estimate of drug-likeness (QED) is 0.400. The molecule has 0 aromatic carbocycles. The first-order chi connectivity index (χ1) is 13.4. The Balaban J connectivity index is 1.61. The second-order valence-corrected chi connectivity index (χ2v) is 7.91. The van der Waals surface area contributed by atoms with Gasteiger partial charge in [0, 0.05) is 19.2 Å². The third-order valence-electron chi connectivity index (χ3n) is 6.03. The van der Waals surface area contributed by atoms with Crippen LogP contribution in [0.3, 0.4) is 0 Å². The van der Waals surface area contributed by atoms with Gasteiger partial charge in [-0.15, -0.1) is 0 Å². The Morgan fingerprint density at radius 1 is 1.25 bits per heavy atom. The number of halogens is 1. The van der Waals surface area contributed by atoms with Gasteiger partial charge in [-0.2, -0.15) is 0 Å². The zero-order valence-electron chi connectivity index (χ0n) is 16.0. The largest absolute Gasteiger partial charge is 0.469 e. The van der Waals surface area contributed by atoms with Crippen LogP contribution in [0.4, 0.5) is 5.69 Å². The standard InChI is InChI=1S/C19H25ClN4O4/c1-21-14-8-15(20)22-10-13(14)17(26)24-23-16(25)12-5-7-19(18(27)28-2)6-3-4-11(12)9-19/h8,10-12H,3-7,9H2,1-2H3,(H,21,22)(H,23,25)(H,24,26). The number of hydrazine groups is 1. The van der Waals surface area contributed by atoms with Crippen LogP contribution in [0, 0.1) is 17.3 Å². The van der Waals surface area contributed by atoms with E-state index in [-0.39, 0.29) is 34.4 Å². The van der Waals surface area contributed by atoms with Crippen LogP contribution in [-0.2, 0) is 14.3 Å². The zero-order valence-corrected chi connectivity index (χ0v) is 16.8. The molecule has 1 heterocycles. The van der Waals surface area contributed by atoms with E-state index in [4.69, 9.17) is 16.3 Å². The molecule has 3 rings (SSSR count). The Bertz CT molecular complexity index is 787. The second-order valence-electron chi connectivity index (χ2n) is 7.52. The Kier molecular flexibility index (Phi) is 6.07. The molecule has 28 heavy (non-hydrogen) atoms. The minimum Gasteiger partial charge on any atom is -0.469 e. The summed E-state index contributed by atoms with van der Waals surface area (Å²) in [5, 5.41) is 3.14. The topological polar surface area (TPSA) is 109 Å². The molecule has 0 saturated heterocycles. The Morgan fingerprint density at radius 2 is 2.04 bits per heavy atom. The van der Waals surface area contributed by atoms with Crippen molar-refractivity contribution in [1.82, 2.24) is 15.8 Å². The van der Waals surface area contributed by atoms with E-state index >= 15 is 0 Å². The molecule has 1 aromatic rings. The van der Waals surface area contributed by atoms with Crippen LogP contribution in [0.2, 0.25) is 5.15 Å². The number of hydrogen-bond donors (Lipinski definition) is 3. The normalized spacial score (nSPS) is 26.1. The van der Waals surface area contributed by atoms with Gasteiger partial charge < -0.3 is 10.1 Å². The van der Waals surface area contributed by atoms with Gasteiger partial charge in [-0.3, -0.25) is 25.2 Å². The van der Waals surface area contributed by atoms with Crippen molar-refractivity contribution < 1.29 is 19.1 Å². The molecule has 9 heteroatoms. The number of amides is 2. The highest BCUT2D eigenvalue weighted by atomic mass is 35.5. The van der Waals surface area contributed by atoms with Crippen molar-refractivity contribution >= 4 is 35.1 Å². The molecule has 152 valence electrons. The van der Waals surface area contributed by atoms with Crippen LogP contribution < -0.4 is 16.2 Å². The lowest BCUT2D eigenvalue weighted by molar-refractivity contribution is -0.161.